The van der Waals surface area contributed by atoms with Crippen molar-refractivity contribution in [2.45, 2.75) is 29.6 Å². The van der Waals surface area contributed by atoms with E-state index in [1.807, 2.05) is 18.4 Å². The molecule has 0 spiro atoms. The summed E-state index contributed by atoms with van der Waals surface area (Å²) in [5.41, 5.74) is 0.877. The summed E-state index contributed by atoms with van der Waals surface area (Å²) < 4.78 is 47.8. The van der Waals surface area contributed by atoms with Gasteiger partial charge in [-0.25, -0.2) is 4.68 Å². The first-order valence-corrected chi connectivity index (χ1v) is 11.5. The lowest BCUT2D eigenvalue weighted by Crippen LogP contribution is -2.35. The largest absolute Gasteiger partial charge is 0.497 e. The first kappa shape index (κ1) is 23.3. The number of carbonyl (C=O) groups is 1. The number of rotatable bonds is 5. The highest BCUT2D eigenvalue weighted by Gasteiger charge is 2.47. The molecule has 1 aliphatic heterocycles. The van der Waals surface area contributed by atoms with Crippen molar-refractivity contribution >= 4 is 40.8 Å². The Morgan fingerprint density at radius 1 is 1.24 bits per heavy atom. The number of anilines is 2. The maximum atomic E-state index is 14.0. The highest BCUT2D eigenvalue weighted by Crippen LogP contribution is 2.46. The molecule has 2 aromatic carbocycles. The Labute approximate surface area is 197 Å². The number of hydrogen-bond donors (Lipinski definition) is 2. The minimum atomic E-state index is -4.59. The Bertz CT molecular complexity index is 1170. The molecule has 0 radical (unpaired) electrons. The second-order valence-corrected chi connectivity index (χ2v) is 8.60. The van der Waals surface area contributed by atoms with E-state index in [2.05, 4.69) is 15.7 Å². The van der Waals surface area contributed by atoms with Crippen molar-refractivity contribution in [2.75, 3.05) is 24.0 Å². The third-order valence-electron chi connectivity index (χ3n) is 5.38. The van der Waals surface area contributed by atoms with Gasteiger partial charge in [0.2, 0.25) is 0 Å². The smallest absolute Gasteiger partial charge is 0.410 e. The number of thioether (sulfide) groups is 1. The SMILES string of the molecule is COc1ccc(C2CC(C(F)(F)F)n3nc(C(=O)Nc4ccccc4SC)c(Cl)c3N2)cc1. The summed E-state index contributed by atoms with van der Waals surface area (Å²) in [6.07, 6.45) is -3.04. The molecule has 2 heterocycles. The maximum absolute atomic E-state index is 14.0. The Morgan fingerprint density at radius 3 is 2.58 bits per heavy atom. The van der Waals surface area contributed by atoms with E-state index < -0.39 is 24.2 Å². The van der Waals surface area contributed by atoms with Crippen LogP contribution in [0.3, 0.4) is 0 Å². The lowest BCUT2D eigenvalue weighted by Gasteiger charge is -2.33. The molecule has 2 unspecified atom stereocenters. The standard InChI is InChI=1S/C22H20ClF3N4O2S/c1-32-13-9-7-12(8-10-13)15-11-17(22(24,25)26)30-20(27-15)18(23)19(29-30)21(31)28-14-5-3-4-6-16(14)33-2/h3-10,15,17,27H,11H2,1-2H3,(H,28,31). The van der Waals surface area contributed by atoms with Crippen LogP contribution in [0.4, 0.5) is 24.7 Å². The molecule has 33 heavy (non-hydrogen) atoms. The van der Waals surface area contributed by atoms with Crippen LogP contribution in [0.2, 0.25) is 5.02 Å². The Kier molecular flexibility index (Phi) is 6.49. The van der Waals surface area contributed by atoms with E-state index in [1.54, 1.807) is 36.4 Å². The quantitative estimate of drug-likeness (QED) is 0.413. The van der Waals surface area contributed by atoms with Crippen molar-refractivity contribution in [3.05, 3.63) is 64.8 Å². The molecule has 0 saturated carbocycles. The van der Waals surface area contributed by atoms with Crippen molar-refractivity contribution < 1.29 is 22.7 Å². The monoisotopic (exact) mass is 496 g/mol. The van der Waals surface area contributed by atoms with Crippen molar-refractivity contribution in [2.24, 2.45) is 0 Å². The van der Waals surface area contributed by atoms with E-state index in [0.717, 1.165) is 9.58 Å². The molecule has 2 atom stereocenters. The number of nitrogens with zero attached hydrogens (tertiary/aromatic N) is 2. The van der Waals surface area contributed by atoms with Gasteiger partial charge in [0.25, 0.3) is 5.91 Å². The van der Waals surface area contributed by atoms with Gasteiger partial charge in [-0.2, -0.15) is 18.3 Å². The fraction of sp³-hybridized carbons (Fsp3) is 0.273. The average Bonchev–Trinajstić information content (AvgIpc) is 3.14. The molecule has 0 fully saturated rings. The Morgan fingerprint density at radius 2 is 1.94 bits per heavy atom. The van der Waals surface area contributed by atoms with Crippen LogP contribution in [-0.2, 0) is 0 Å². The third kappa shape index (κ3) is 4.63. The molecule has 2 N–H and O–H groups in total. The van der Waals surface area contributed by atoms with Crippen LogP contribution in [0.5, 0.6) is 5.75 Å². The zero-order valence-corrected chi connectivity index (χ0v) is 19.2. The van der Waals surface area contributed by atoms with Gasteiger partial charge in [0.15, 0.2) is 11.7 Å². The van der Waals surface area contributed by atoms with Crippen molar-refractivity contribution in [3.63, 3.8) is 0 Å². The van der Waals surface area contributed by atoms with E-state index in [0.29, 0.717) is 17.0 Å². The summed E-state index contributed by atoms with van der Waals surface area (Å²) in [7, 11) is 1.51. The Balaban J connectivity index is 1.69. The number of benzene rings is 2. The van der Waals surface area contributed by atoms with Gasteiger partial charge in [0, 0.05) is 11.3 Å². The molecule has 1 aliphatic rings. The summed E-state index contributed by atoms with van der Waals surface area (Å²) >= 11 is 7.82. The number of ether oxygens (including phenoxy) is 1. The lowest BCUT2D eigenvalue weighted by atomic mass is 9.97. The van der Waals surface area contributed by atoms with E-state index >= 15 is 0 Å². The number of fused-ring (bicyclic) bond motifs is 1. The number of methoxy groups -OCH3 is 1. The molecule has 174 valence electrons. The van der Waals surface area contributed by atoms with Crippen LogP contribution in [0.25, 0.3) is 0 Å². The number of para-hydroxylation sites is 1. The molecule has 6 nitrogen and oxygen atoms in total. The molecular weight excluding hydrogens is 477 g/mol. The highest BCUT2D eigenvalue weighted by molar-refractivity contribution is 7.98. The fourth-order valence-electron chi connectivity index (χ4n) is 3.72. The number of alkyl halides is 3. The van der Waals surface area contributed by atoms with Crippen molar-refractivity contribution in [1.82, 2.24) is 9.78 Å². The average molecular weight is 497 g/mol. The van der Waals surface area contributed by atoms with E-state index in [1.165, 1.54) is 18.9 Å². The number of hydrogen-bond acceptors (Lipinski definition) is 5. The normalized spacial score (nSPS) is 17.8. The summed E-state index contributed by atoms with van der Waals surface area (Å²) in [6, 6.07) is 11.2. The summed E-state index contributed by atoms with van der Waals surface area (Å²) in [5, 5.41) is 9.52. The summed E-state index contributed by atoms with van der Waals surface area (Å²) in [5.74, 6) is -0.143. The predicted octanol–water partition coefficient (Wildman–Crippen LogP) is 6.18. The van der Waals surface area contributed by atoms with Crippen LogP contribution in [-0.4, -0.2) is 35.2 Å². The van der Waals surface area contributed by atoms with Crippen LogP contribution in [0.15, 0.2) is 53.4 Å². The van der Waals surface area contributed by atoms with Gasteiger partial charge in [0.05, 0.1) is 18.8 Å². The first-order valence-electron chi connectivity index (χ1n) is 9.92. The number of carbonyl (C=O) groups excluding carboxylic acids is 1. The minimum absolute atomic E-state index is 0.0469. The number of aromatic nitrogens is 2. The molecule has 3 aromatic rings. The van der Waals surface area contributed by atoms with Crippen molar-refractivity contribution in [1.29, 1.82) is 0 Å². The second-order valence-electron chi connectivity index (χ2n) is 7.37. The fourth-order valence-corrected chi connectivity index (χ4v) is 4.54. The molecule has 0 saturated heterocycles. The summed E-state index contributed by atoms with van der Waals surface area (Å²) in [6.45, 7) is 0. The number of halogens is 4. The molecular formula is C22H20ClF3N4O2S. The van der Waals surface area contributed by atoms with Gasteiger partial charge in [-0.1, -0.05) is 35.9 Å². The molecule has 0 bridgehead atoms. The Hall–Kier alpha value is -2.85. The van der Waals surface area contributed by atoms with Gasteiger partial charge in [0.1, 0.15) is 16.6 Å². The number of nitrogens with one attached hydrogen (secondary N) is 2. The molecule has 4 rings (SSSR count). The van der Waals surface area contributed by atoms with E-state index in [4.69, 9.17) is 16.3 Å². The minimum Gasteiger partial charge on any atom is -0.497 e. The van der Waals surface area contributed by atoms with Crippen LogP contribution in [0, 0.1) is 0 Å². The van der Waals surface area contributed by atoms with E-state index in [-0.39, 0.29) is 23.0 Å². The van der Waals surface area contributed by atoms with Crippen molar-refractivity contribution in [3.8, 4) is 5.75 Å². The highest BCUT2D eigenvalue weighted by atomic mass is 35.5. The zero-order valence-electron chi connectivity index (χ0n) is 17.6. The maximum Gasteiger partial charge on any atom is 0.410 e. The van der Waals surface area contributed by atoms with Gasteiger partial charge in [-0.15, -0.1) is 11.8 Å². The first-order chi connectivity index (χ1) is 15.7. The van der Waals surface area contributed by atoms with Gasteiger partial charge < -0.3 is 15.4 Å². The van der Waals surface area contributed by atoms with Gasteiger partial charge in [-0.3, -0.25) is 4.79 Å². The summed E-state index contributed by atoms with van der Waals surface area (Å²) in [4.78, 5) is 13.7. The molecule has 11 heteroatoms. The molecule has 0 aliphatic carbocycles. The van der Waals surface area contributed by atoms with Crippen LogP contribution < -0.4 is 15.4 Å². The van der Waals surface area contributed by atoms with Crippen LogP contribution in [0.1, 0.15) is 34.6 Å². The second kappa shape index (κ2) is 9.18. The van der Waals surface area contributed by atoms with Crippen LogP contribution >= 0.6 is 23.4 Å². The van der Waals surface area contributed by atoms with Gasteiger partial charge in [-0.05, 0) is 36.1 Å². The van der Waals surface area contributed by atoms with E-state index in [9.17, 15) is 18.0 Å². The molecule has 1 amide bonds. The predicted molar refractivity (Wildman–Crippen MR) is 122 cm³/mol. The topological polar surface area (TPSA) is 68.2 Å². The zero-order chi connectivity index (χ0) is 23.8. The number of amides is 1. The molecule has 1 aromatic heterocycles. The lowest BCUT2D eigenvalue weighted by molar-refractivity contribution is -0.173. The third-order valence-corrected chi connectivity index (χ3v) is 6.54. The van der Waals surface area contributed by atoms with Gasteiger partial charge >= 0.3 is 6.18 Å².